The van der Waals surface area contributed by atoms with Crippen LogP contribution in [0, 0.1) is 13.8 Å². The van der Waals surface area contributed by atoms with Crippen LogP contribution in [0.1, 0.15) is 24.0 Å². The van der Waals surface area contributed by atoms with Gasteiger partial charge in [0.1, 0.15) is 18.4 Å². The zero-order valence-electron chi connectivity index (χ0n) is 14.2. The van der Waals surface area contributed by atoms with E-state index in [0.717, 1.165) is 11.3 Å². The normalized spacial score (nSPS) is 16.5. The molecule has 0 spiro atoms. The number of hydrogen-bond acceptors (Lipinski definition) is 4. The number of benzene rings is 1. The SMILES string of the molecule is Cc1ccc(OCCN(C)C(=O)CCC2NC(=O)NC2=O)c(C)c1. The summed E-state index contributed by atoms with van der Waals surface area (Å²) in [5.41, 5.74) is 2.24. The maximum Gasteiger partial charge on any atom is 0.322 e. The number of hydrogen-bond donors (Lipinski definition) is 2. The van der Waals surface area contributed by atoms with Crippen molar-refractivity contribution in [2.24, 2.45) is 0 Å². The van der Waals surface area contributed by atoms with Gasteiger partial charge in [-0.2, -0.15) is 0 Å². The molecule has 1 heterocycles. The molecule has 1 aliphatic heterocycles. The van der Waals surface area contributed by atoms with Gasteiger partial charge in [0.15, 0.2) is 0 Å². The number of rotatable bonds is 7. The largest absolute Gasteiger partial charge is 0.491 e. The number of carbonyl (C=O) groups excluding carboxylic acids is 3. The Morgan fingerprint density at radius 1 is 1.29 bits per heavy atom. The van der Waals surface area contributed by atoms with Crippen LogP contribution in [0.3, 0.4) is 0 Å². The first-order chi connectivity index (χ1) is 11.4. The number of aryl methyl sites for hydroxylation is 2. The molecule has 1 saturated heterocycles. The van der Waals surface area contributed by atoms with Crippen molar-refractivity contribution < 1.29 is 19.1 Å². The van der Waals surface area contributed by atoms with Gasteiger partial charge in [-0.3, -0.25) is 14.9 Å². The molecule has 0 saturated carbocycles. The minimum Gasteiger partial charge on any atom is -0.491 e. The number of nitrogens with zero attached hydrogens (tertiary/aromatic N) is 1. The van der Waals surface area contributed by atoms with E-state index in [1.54, 1.807) is 11.9 Å². The lowest BCUT2D eigenvalue weighted by Crippen LogP contribution is -2.34. The van der Waals surface area contributed by atoms with Crippen molar-refractivity contribution in [3.63, 3.8) is 0 Å². The van der Waals surface area contributed by atoms with Gasteiger partial charge in [-0.1, -0.05) is 17.7 Å². The molecule has 130 valence electrons. The molecule has 1 aromatic carbocycles. The van der Waals surface area contributed by atoms with Gasteiger partial charge in [-0.15, -0.1) is 0 Å². The Morgan fingerprint density at radius 3 is 2.67 bits per heavy atom. The monoisotopic (exact) mass is 333 g/mol. The molecular formula is C17H23N3O4. The summed E-state index contributed by atoms with van der Waals surface area (Å²) in [7, 11) is 1.70. The average molecular weight is 333 g/mol. The number of imide groups is 1. The second-order valence-electron chi connectivity index (χ2n) is 5.99. The van der Waals surface area contributed by atoms with Crippen LogP contribution in [-0.4, -0.2) is 49.0 Å². The molecule has 24 heavy (non-hydrogen) atoms. The first kappa shape index (κ1) is 17.8. The highest BCUT2D eigenvalue weighted by Gasteiger charge is 2.29. The maximum absolute atomic E-state index is 12.1. The molecule has 2 rings (SSSR count). The Labute approximate surface area is 141 Å². The van der Waals surface area contributed by atoms with Crippen molar-refractivity contribution in [2.45, 2.75) is 32.7 Å². The third-order valence-corrected chi connectivity index (χ3v) is 3.95. The molecule has 1 atom stereocenters. The number of likely N-dealkylation sites (N-methyl/N-ethyl adjacent to an activating group) is 1. The summed E-state index contributed by atoms with van der Waals surface area (Å²) >= 11 is 0. The molecular weight excluding hydrogens is 310 g/mol. The van der Waals surface area contributed by atoms with Gasteiger partial charge in [-0.25, -0.2) is 4.79 Å². The zero-order valence-corrected chi connectivity index (χ0v) is 14.2. The van der Waals surface area contributed by atoms with E-state index in [9.17, 15) is 14.4 Å². The molecule has 0 radical (unpaired) electrons. The predicted octanol–water partition coefficient (Wildman–Crippen LogP) is 1.13. The quantitative estimate of drug-likeness (QED) is 0.732. The first-order valence-corrected chi connectivity index (χ1v) is 7.92. The summed E-state index contributed by atoms with van der Waals surface area (Å²) in [6.45, 7) is 4.86. The van der Waals surface area contributed by atoms with E-state index in [-0.39, 0.29) is 18.2 Å². The van der Waals surface area contributed by atoms with Crippen molar-refractivity contribution in [1.29, 1.82) is 0 Å². The van der Waals surface area contributed by atoms with Gasteiger partial charge in [0.25, 0.3) is 5.91 Å². The van der Waals surface area contributed by atoms with Gasteiger partial charge >= 0.3 is 6.03 Å². The van der Waals surface area contributed by atoms with Crippen LogP contribution >= 0.6 is 0 Å². The van der Waals surface area contributed by atoms with Crippen molar-refractivity contribution in [3.8, 4) is 5.75 Å². The second kappa shape index (κ2) is 7.81. The van der Waals surface area contributed by atoms with Crippen LogP contribution in [0.2, 0.25) is 0 Å². The fourth-order valence-electron chi connectivity index (χ4n) is 2.50. The predicted molar refractivity (Wildman–Crippen MR) is 88.7 cm³/mol. The molecule has 2 N–H and O–H groups in total. The van der Waals surface area contributed by atoms with Crippen LogP contribution in [0.4, 0.5) is 4.79 Å². The van der Waals surface area contributed by atoms with E-state index in [4.69, 9.17) is 4.74 Å². The molecule has 0 bridgehead atoms. The summed E-state index contributed by atoms with van der Waals surface area (Å²) in [6.07, 6.45) is 0.483. The van der Waals surface area contributed by atoms with Gasteiger partial charge < -0.3 is 15.0 Å². The van der Waals surface area contributed by atoms with Gasteiger partial charge in [0.05, 0.1) is 6.54 Å². The lowest BCUT2D eigenvalue weighted by Gasteiger charge is -2.18. The highest BCUT2D eigenvalue weighted by molar-refractivity contribution is 6.04. The summed E-state index contributed by atoms with van der Waals surface area (Å²) < 4.78 is 5.71. The standard InChI is InChI=1S/C17H23N3O4/c1-11-4-6-14(12(2)10-11)24-9-8-20(3)15(21)7-5-13-16(22)19-17(23)18-13/h4,6,10,13H,5,7-9H2,1-3H3,(H2,18,19,22,23). The summed E-state index contributed by atoms with van der Waals surface area (Å²) in [6, 6.07) is 4.82. The highest BCUT2D eigenvalue weighted by atomic mass is 16.5. The molecule has 1 fully saturated rings. The molecule has 1 aliphatic rings. The minimum atomic E-state index is -0.624. The summed E-state index contributed by atoms with van der Waals surface area (Å²) in [4.78, 5) is 36.1. The fourth-order valence-corrected chi connectivity index (χ4v) is 2.50. The highest BCUT2D eigenvalue weighted by Crippen LogP contribution is 2.18. The van der Waals surface area contributed by atoms with Crippen molar-refractivity contribution in [3.05, 3.63) is 29.3 Å². The third kappa shape index (κ3) is 4.71. The lowest BCUT2D eigenvalue weighted by atomic mass is 10.1. The Hall–Kier alpha value is -2.57. The summed E-state index contributed by atoms with van der Waals surface area (Å²) in [5.74, 6) is 0.341. The zero-order chi connectivity index (χ0) is 17.7. The van der Waals surface area contributed by atoms with Gasteiger partial charge in [-0.05, 0) is 31.9 Å². The molecule has 4 amide bonds. The Morgan fingerprint density at radius 2 is 2.04 bits per heavy atom. The lowest BCUT2D eigenvalue weighted by molar-refractivity contribution is -0.130. The van der Waals surface area contributed by atoms with Crippen molar-refractivity contribution in [1.82, 2.24) is 15.5 Å². The Balaban J connectivity index is 1.71. The molecule has 0 aliphatic carbocycles. The molecule has 7 nitrogen and oxygen atoms in total. The fraction of sp³-hybridized carbons (Fsp3) is 0.471. The van der Waals surface area contributed by atoms with E-state index in [0.29, 0.717) is 19.6 Å². The van der Waals surface area contributed by atoms with E-state index < -0.39 is 12.1 Å². The van der Waals surface area contributed by atoms with E-state index in [2.05, 4.69) is 10.6 Å². The number of ether oxygens (including phenoxy) is 1. The Kier molecular flexibility index (Phi) is 5.78. The second-order valence-corrected chi connectivity index (χ2v) is 5.99. The van der Waals surface area contributed by atoms with Crippen LogP contribution < -0.4 is 15.4 Å². The van der Waals surface area contributed by atoms with Crippen LogP contribution in [0.15, 0.2) is 18.2 Å². The van der Waals surface area contributed by atoms with Gasteiger partial charge in [0.2, 0.25) is 5.91 Å². The molecule has 1 aromatic rings. The van der Waals surface area contributed by atoms with Crippen LogP contribution in [0.5, 0.6) is 5.75 Å². The van der Waals surface area contributed by atoms with Crippen LogP contribution in [0.25, 0.3) is 0 Å². The van der Waals surface area contributed by atoms with E-state index in [1.807, 2.05) is 32.0 Å². The topological polar surface area (TPSA) is 87.7 Å². The van der Waals surface area contributed by atoms with Gasteiger partial charge in [0, 0.05) is 13.5 Å². The van der Waals surface area contributed by atoms with Crippen molar-refractivity contribution in [2.75, 3.05) is 20.2 Å². The Bertz CT molecular complexity index is 645. The first-order valence-electron chi connectivity index (χ1n) is 7.92. The maximum atomic E-state index is 12.1. The minimum absolute atomic E-state index is 0.0897. The molecule has 1 unspecified atom stereocenters. The third-order valence-electron chi connectivity index (χ3n) is 3.95. The number of amides is 4. The number of carbonyl (C=O) groups is 3. The number of nitrogens with one attached hydrogen (secondary N) is 2. The smallest absolute Gasteiger partial charge is 0.322 e. The van der Waals surface area contributed by atoms with E-state index >= 15 is 0 Å². The van der Waals surface area contributed by atoms with Crippen LogP contribution in [-0.2, 0) is 9.59 Å². The average Bonchev–Trinajstić information content (AvgIpc) is 2.84. The van der Waals surface area contributed by atoms with E-state index in [1.165, 1.54) is 5.56 Å². The summed E-state index contributed by atoms with van der Waals surface area (Å²) in [5, 5.41) is 4.63. The molecule has 7 heteroatoms. The number of urea groups is 1. The molecule has 0 aromatic heterocycles. The van der Waals surface area contributed by atoms with Crippen molar-refractivity contribution >= 4 is 17.8 Å².